The molecule has 4 N–H and O–H groups in total. The number of halogens is 1. The molecule has 0 amide bonds. The van der Waals surface area contributed by atoms with Crippen molar-refractivity contribution in [3.05, 3.63) is 15.3 Å². The number of nitrogen functional groups attached to an aromatic ring is 2. The third-order valence-electron chi connectivity index (χ3n) is 2.56. The Kier molecular flexibility index (Phi) is 2.81. The standard InChI is InChI=1S/C10H12IN3O/c11-8-9(12)6(4-14-10(8)13)7(15)3-5-1-2-5/h4-5H,1-3H2,(H4,12,13,14). The highest BCUT2D eigenvalue weighted by Crippen LogP contribution is 2.34. The summed E-state index contributed by atoms with van der Waals surface area (Å²) in [5.74, 6) is 1.03. The van der Waals surface area contributed by atoms with Crippen LogP contribution in [0.2, 0.25) is 0 Å². The monoisotopic (exact) mass is 317 g/mol. The molecule has 0 aromatic carbocycles. The lowest BCUT2D eigenvalue weighted by Crippen LogP contribution is -2.09. The lowest BCUT2D eigenvalue weighted by molar-refractivity contribution is 0.0976. The van der Waals surface area contributed by atoms with Gasteiger partial charge in [0.15, 0.2) is 5.78 Å². The predicted molar refractivity (Wildman–Crippen MR) is 67.5 cm³/mol. The van der Waals surface area contributed by atoms with Crippen LogP contribution in [0.15, 0.2) is 6.20 Å². The molecule has 1 fully saturated rings. The molecular weight excluding hydrogens is 305 g/mol. The molecule has 2 rings (SSSR count). The van der Waals surface area contributed by atoms with Gasteiger partial charge in [-0.15, -0.1) is 0 Å². The summed E-state index contributed by atoms with van der Waals surface area (Å²) in [5, 5.41) is 0. The molecular formula is C10H12IN3O. The summed E-state index contributed by atoms with van der Waals surface area (Å²) in [4.78, 5) is 15.8. The largest absolute Gasteiger partial charge is 0.397 e. The zero-order chi connectivity index (χ0) is 11.0. The Hall–Kier alpha value is -0.850. The topological polar surface area (TPSA) is 82.0 Å². The Balaban J connectivity index is 2.26. The molecule has 0 aliphatic heterocycles. The van der Waals surface area contributed by atoms with Crippen LogP contribution in [0.5, 0.6) is 0 Å². The second kappa shape index (κ2) is 3.96. The summed E-state index contributed by atoms with van der Waals surface area (Å²) < 4.78 is 0.675. The van der Waals surface area contributed by atoms with Crippen LogP contribution < -0.4 is 11.5 Å². The summed E-state index contributed by atoms with van der Waals surface area (Å²) in [6.07, 6.45) is 4.39. The fourth-order valence-corrected chi connectivity index (χ4v) is 1.86. The van der Waals surface area contributed by atoms with Gasteiger partial charge in [0.2, 0.25) is 0 Å². The van der Waals surface area contributed by atoms with Crippen molar-refractivity contribution in [3.63, 3.8) is 0 Å². The van der Waals surface area contributed by atoms with Gasteiger partial charge in [0.25, 0.3) is 0 Å². The summed E-state index contributed by atoms with van der Waals surface area (Å²) >= 11 is 2.01. The normalized spacial score (nSPS) is 15.3. The van der Waals surface area contributed by atoms with Crippen LogP contribution in [-0.2, 0) is 0 Å². The third-order valence-corrected chi connectivity index (χ3v) is 3.69. The van der Waals surface area contributed by atoms with E-state index >= 15 is 0 Å². The molecule has 1 aromatic heterocycles. The van der Waals surface area contributed by atoms with Gasteiger partial charge in [0.1, 0.15) is 5.82 Å². The first-order chi connectivity index (χ1) is 7.09. The maximum Gasteiger partial charge on any atom is 0.166 e. The fourth-order valence-electron chi connectivity index (χ4n) is 1.43. The zero-order valence-electron chi connectivity index (χ0n) is 8.16. The van der Waals surface area contributed by atoms with E-state index in [4.69, 9.17) is 11.5 Å². The number of carbonyl (C=O) groups is 1. The molecule has 1 aliphatic carbocycles. The van der Waals surface area contributed by atoms with Crippen molar-refractivity contribution in [2.24, 2.45) is 5.92 Å². The van der Waals surface area contributed by atoms with E-state index in [1.807, 2.05) is 22.6 Å². The van der Waals surface area contributed by atoms with E-state index in [1.165, 1.54) is 6.20 Å². The Morgan fingerprint density at radius 2 is 2.20 bits per heavy atom. The predicted octanol–water partition coefficient (Wildman–Crippen LogP) is 1.83. The summed E-state index contributed by atoms with van der Waals surface area (Å²) in [7, 11) is 0. The summed E-state index contributed by atoms with van der Waals surface area (Å²) in [6.45, 7) is 0. The number of hydrogen-bond acceptors (Lipinski definition) is 4. The van der Waals surface area contributed by atoms with Crippen LogP contribution in [0.3, 0.4) is 0 Å². The van der Waals surface area contributed by atoms with Crippen molar-refractivity contribution in [3.8, 4) is 0 Å². The maximum atomic E-state index is 11.8. The number of anilines is 2. The van der Waals surface area contributed by atoms with E-state index in [0.29, 0.717) is 33.0 Å². The van der Waals surface area contributed by atoms with Crippen LogP contribution in [0.25, 0.3) is 0 Å². The van der Waals surface area contributed by atoms with Crippen LogP contribution in [0.4, 0.5) is 11.5 Å². The Bertz CT molecular complexity index is 415. The van der Waals surface area contributed by atoms with Gasteiger partial charge < -0.3 is 11.5 Å². The second-order valence-corrected chi connectivity index (χ2v) is 4.93. The van der Waals surface area contributed by atoms with E-state index in [-0.39, 0.29) is 5.78 Å². The van der Waals surface area contributed by atoms with E-state index < -0.39 is 0 Å². The number of carbonyl (C=O) groups excluding carboxylic acids is 1. The molecule has 0 radical (unpaired) electrons. The van der Waals surface area contributed by atoms with Gasteiger partial charge in [-0.05, 0) is 41.4 Å². The first-order valence-electron chi connectivity index (χ1n) is 4.82. The lowest BCUT2D eigenvalue weighted by atomic mass is 10.1. The number of hydrogen-bond donors (Lipinski definition) is 2. The highest BCUT2D eigenvalue weighted by Gasteiger charge is 2.26. The van der Waals surface area contributed by atoms with Crippen molar-refractivity contribution >= 4 is 39.9 Å². The third kappa shape index (κ3) is 2.22. The summed E-state index contributed by atoms with van der Waals surface area (Å²) in [6, 6.07) is 0. The molecule has 0 unspecified atom stereocenters. The second-order valence-electron chi connectivity index (χ2n) is 3.86. The van der Waals surface area contributed by atoms with Gasteiger partial charge >= 0.3 is 0 Å². The Labute approximate surface area is 102 Å². The minimum Gasteiger partial charge on any atom is -0.397 e. The number of nitrogens with zero attached hydrogens (tertiary/aromatic N) is 1. The smallest absolute Gasteiger partial charge is 0.166 e. The molecule has 1 saturated carbocycles. The number of rotatable bonds is 3. The Morgan fingerprint density at radius 3 is 2.80 bits per heavy atom. The molecule has 0 saturated heterocycles. The number of aromatic nitrogens is 1. The van der Waals surface area contributed by atoms with Crippen LogP contribution in [-0.4, -0.2) is 10.8 Å². The molecule has 0 bridgehead atoms. The average Bonchev–Trinajstić information content (AvgIpc) is 2.98. The number of ketones is 1. The molecule has 15 heavy (non-hydrogen) atoms. The molecule has 1 aromatic rings. The first-order valence-corrected chi connectivity index (χ1v) is 5.90. The summed E-state index contributed by atoms with van der Waals surface area (Å²) in [5.41, 5.74) is 12.4. The fraction of sp³-hybridized carbons (Fsp3) is 0.400. The van der Waals surface area contributed by atoms with Crippen LogP contribution in [0, 0.1) is 9.49 Å². The van der Waals surface area contributed by atoms with Gasteiger partial charge in [-0.2, -0.15) is 0 Å². The Morgan fingerprint density at radius 1 is 1.53 bits per heavy atom. The molecule has 80 valence electrons. The van der Waals surface area contributed by atoms with Crippen LogP contribution >= 0.6 is 22.6 Å². The van der Waals surface area contributed by atoms with Gasteiger partial charge in [-0.1, -0.05) is 0 Å². The maximum absolute atomic E-state index is 11.8. The number of nitrogens with two attached hydrogens (primary N) is 2. The average molecular weight is 317 g/mol. The molecule has 0 spiro atoms. The molecule has 4 nitrogen and oxygen atoms in total. The van der Waals surface area contributed by atoms with Crippen molar-refractivity contribution < 1.29 is 4.79 Å². The quantitative estimate of drug-likeness (QED) is 0.658. The van der Waals surface area contributed by atoms with E-state index in [2.05, 4.69) is 4.98 Å². The van der Waals surface area contributed by atoms with E-state index in [9.17, 15) is 4.79 Å². The molecule has 5 heteroatoms. The van der Waals surface area contributed by atoms with Crippen molar-refractivity contribution in [1.82, 2.24) is 4.98 Å². The first kappa shape index (κ1) is 10.7. The van der Waals surface area contributed by atoms with Crippen molar-refractivity contribution in [2.75, 3.05) is 11.5 Å². The van der Waals surface area contributed by atoms with Gasteiger partial charge in [0.05, 0.1) is 14.8 Å². The highest BCUT2D eigenvalue weighted by atomic mass is 127. The van der Waals surface area contributed by atoms with Crippen LogP contribution in [0.1, 0.15) is 29.6 Å². The zero-order valence-corrected chi connectivity index (χ0v) is 10.3. The minimum absolute atomic E-state index is 0.0837. The number of Topliss-reactive ketones (excluding diaryl/α,β-unsaturated/α-hetero) is 1. The van der Waals surface area contributed by atoms with Gasteiger partial charge in [-0.3, -0.25) is 4.79 Å². The number of pyridine rings is 1. The van der Waals surface area contributed by atoms with Gasteiger partial charge in [0, 0.05) is 12.6 Å². The van der Waals surface area contributed by atoms with E-state index in [1.54, 1.807) is 0 Å². The van der Waals surface area contributed by atoms with Crippen molar-refractivity contribution in [1.29, 1.82) is 0 Å². The SMILES string of the molecule is Nc1ncc(C(=O)CC2CC2)c(N)c1I. The van der Waals surface area contributed by atoms with Crippen molar-refractivity contribution in [2.45, 2.75) is 19.3 Å². The molecule has 0 atom stereocenters. The molecule has 1 aliphatic rings. The van der Waals surface area contributed by atoms with E-state index in [0.717, 1.165) is 12.8 Å². The van der Waals surface area contributed by atoms with Gasteiger partial charge in [-0.25, -0.2) is 4.98 Å². The highest BCUT2D eigenvalue weighted by molar-refractivity contribution is 14.1. The lowest BCUT2D eigenvalue weighted by Gasteiger charge is -2.07. The molecule has 1 heterocycles. The minimum atomic E-state index is 0.0837.